The smallest absolute Gasteiger partial charge is 0.354 e. The Morgan fingerprint density at radius 1 is 1.60 bits per heavy atom. The number of carboxylic acids is 1. The Labute approximate surface area is 87.7 Å². The van der Waals surface area contributed by atoms with Gasteiger partial charge in [0, 0.05) is 18.0 Å². The lowest BCUT2D eigenvalue weighted by molar-refractivity contribution is 0.0677. The third kappa shape index (κ3) is 1.63. The summed E-state index contributed by atoms with van der Waals surface area (Å²) in [5.74, 6) is -0.903. The summed E-state index contributed by atoms with van der Waals surface area (Å²) in [5.41, 5.74) is 1.93. The maximum Gasteiger partial charge on any atom is 0.354 e. The van der Waals surface area contributed by atoms with Gasteiger partial charge in [0.2, 0.25) is 0 Å². The molecule has 0 aliphatic carbocycles. The highest BCUT2D eigenvalue weighted by Crippen LogP contribution is 2.23. The fourth-order valence-electron chi connectivity index (χ4n) is 1.84. The zero-order valence-electron chi connectivity index (χ0n) is 8.86. The largest absolute Gasteiger partial charge is 0.477 e. The first-order valence-electron chi connectivity index (χ1n) is 5.02. The van der Waals surface area contributed by atoms with Crippen molar-refractivity contribution in [3.8, 4) is 0 Å². The van der Waals surface area contributed by atoms with Gasteiger partial charge in [0.1, 0.15) is 5.69 Å². The number of rotatable bonds is 2. The van der Waals surface area contributed by atoms with E-state index in [4.69, 9.17) is 9.84 Å². The second-order valence-corrected chi connectivity index (χ2v) is 3.92. The second kappa shape index (κ2) is 3.66. The molecule has 0 saturated heterocycles. The molecule has 1 aliphatic heterocycles. The molecule has 15 heavy (non-hydrogen) atoms. The Balaban J connectivity index is 2.56. The van der Waals surface area contributed by atoms with Crippen molar-refractivity contribution in [2.75, 3.05) is 6.61 Å². The molecule has 2 heterocycles. The standard InChI is InChI=1S/C10H14N2O3/c1-6(2)12-9(10(13)14)7-3-4-15-5-8(7)11-12/h6H,3-5H2,1-2H3,(H,13,14). The molecule has 0 radical (unpaired) electrons. The molecule has 0 bridgehead atoms. The van der Waals surface area contributed by atoms with Crippen LogP contribution in [0.5, 0.6) is 0 Å². The Morgan fingerprint density at radius 3 is 2.93 bits per heavy atom. The molecule has 1 aromatic heterocycles. The number of ether oxygens (including phenoxy) is 1. The fourth-order valence-corrected chi connectivity index (χ4v) is 1.84. The van der Waals surface area contributed by atoms with Gasteiger partial charge >= 0.3 is 5.97 Å². The maximum absolute atomic E-state index is 11.2. The van der Waals surface area contributed by atoms with Crippen LogP contribution in [0.1, 0.15) is 41.6 Å². The van der Waals surface area contributed by atoms with Crippen molar-refractivity contribution in [2.45, 2.75) is 32.9 Å². The molecule has 1 aliphatic rings. The zero-order valence-corrected chi connectivity index (χ0v) is 8.86. The third-order valence-electron chi connectivity index (χ3n) is 2.52. The van der Waals surface area contributed by atoms with Crippen LogP contribution in [0.25, 0.3) is 0 Å². The predicted octanol–water partition coefficient (Wildman–Crippen LogP) is 1.23. The molecule has 0 fully saturated rings. The van der Waals surface area contributed by atoms with E-state index in [1.807, 2.05) is 13.8 Å². The van der Waals surface area contributed by atoms with E-state index >= 15 is 0 Å². The van der Waals surface area contributed by atoms with Gasteiger partial charge < -0.3 is 9.84 Å². The van der Waals surface area contributed by atoms with Crippen LogP contribution in [0.3, 0.4) is 0 Å². The summed E-state index contributed by atoms with van der Waals surface area (Å²) in [6.07, 6.45) is 0.643. The van der Waals surface area contributed by atoms with Gasteiger partial charge in [-0.25, -0.2) is 4.79 Å². The summed E-state index contributed by atoms with van der Waals surface area (Å²) in [4.78, 5) is 11.2. The molecule has 5 nitrogen and oxygen atoms in total. The van der Waals surface area contributed by atoms with Crippen LogP contribution in [-0.2, 0) is 17.8 Å². The SMILES string of the molecule is CC(C)n1nc2c(c1C(=O)O)CCOC2. The average Bonchev–Trinajstić information content (AvgIpc) is 2.56. The van der Waals surface area contributed by atoms with Gasteiger partial charge in [0.15, 0.2) is 0 Å². The van der Waals surface area contributed by atoms with Crippen molar-refractivity contribution in [1.82, 2.24) is 9.78 Å². The van der Waals surface area contributed by atoms with Crippen LogP contribution in [0.15, 0.2) is 0 Å². The number of fused-ring (bicyclic) bond motifs is 1. The van der Waals surface area contributed by atoms with Gasteiger partial charge in [0.25, 0.3) is 0 Å². The normalized spacial score (nSPS) is 15.4. The van der Waals surface area contributed by atoms with Crippen molar-refractivity contribution >= 4 is 5.97 Å². The Bertz CT molecular complexity index is 396. The number of nitrogens with zero attached hydrogens (tertiary/aromatic N) is 2. The van der Waals surface area contributed by atoms with Crippen LogP contribution in [-0.4, -0.2) is 27.5 Å². The Hall–Kier alpha value is -1.36. The molecule has 0 atom stereocenters. The van der Waals surface area contributed by atoms with Crippen LogP contribution >= 0.6 is 0 Å². The van der Waals surface area contributed by atoms with E-state index in [1.54, 1.807) is 4.68 Å². The molecule has 1 N–H and O–H groups in total. The minimum atomic E-state index is -0.903. The molecule has 0 aromatic carbocycles. The molecule has 0 unspecified atom stereocenters. The maximum atomic E-state index is 11.2. The third-order valence-corrected chi connectivity index (χ3v) is 2.52. The van der Waals surface area contributed by atoms with Gasteiger partial charge in [-0.15, -0.1) is 0 Å². The molecule has 5 heteroatoms. The van der Waals surface area contributed by atoms with Crippen molar-refractivity contribution in [1.29, 1.82) is 0 Å². The van der Waals surface area contributed by atoms with E-state index in [1.165, 1.54) is 0 Å². The van der Waals surface area contributed by atoms with Gasteiger partial charge in [-0.3, -0.25) is 4.68 Å². The van der Waals surface area contributed by atoms with Crippen molar-refractivity contribution in [2.24, 2.45) is 0 Å². The molecule has 0 amide bonds. The number of hydrogen-bond acceptors (Lipinski definition) is 3. The predicted molar refractivity (Wildman–Crippen MR) is 52.9 cm³/mol. The van der Waals surface area contributed by atoms with E-state index < -0.39 is 5.97 Å². The highest BCUT2D eigenvalue weighted by atomic mass is 16.5. The number of carboxylic acid groups (broad SMARTS) is 1. The number of aromatic nitrogens is 2. The molecule has 2 rings (SSSR count). The Morgan fingerprint density at radius 2 is 2.33 bits per heavy atom. The minimum absolute atomic E-state index is 0.0571. The van der Waals surface area contributed by atoms with E-state index in [0.717, 1.165) is 11.3 Å². The lowest BCUT2D eigenvalue weighted by Crippen LogP contribution is -2.14. The zero-order chi connectivity index (χ0) is 11.0. The number of carbonyl (C=O) groups is 1. The van der Waals surface area contributed by atoms with E-state index in [2.05, 4.69) is 5.10 Å². The minimum Gasteiger partial charge on any atom is -0.477 e. The van der Waals surface area contributed by atoms with Crippen molar-refractivity contribution in [3.05, 3.63) is 17.0 Å². The van der Waals surface area contributed by atoms with Gasteiger partial charge in [-0.1, -0.05) is 0 Å². The monoisotopic (exact) mass is 210 g/mol. The first kappa shape index (κ1) is 10.2. The topological polar surface area (TPSA) is 64.4 Å². The number of aromatic carboxylic acids is 1. The van der Waals surface area contributed by atoms with E-state index in [-0.39, 0.29) is 6.04 Å². The van der Waals surface area contributed by atoms with Gasteiger partial charge in [-0.05, 0) is 13.8 Å². The summed E-state index contributed by atoms with van der Waals surface area (Å²) in [6, 6.07) is 0.0571. The highest BCUT2D eigenvalue weighted by Gasteiger charge is 2.26. The van der Waals surface area contributed by atoms with Crippen molar-refractivity contribution < 1.29 is 14.6 Å². The highest BCUT2D eigenvalue weighted by molar-refractivity contribution is 5.88. The van der Waals surface area contributed by atoms with Crippen LogP contribution in [0.2, 0.25) is 0 Å². The first-order chi connectivity index (χ1) is 7.11. The molecule has 1 aromatic rings. The van der Waals surface area contributed by atoms with Gasteiger partial charge in [0.05, 0.1) is 18.9 Å². The molecule has 0 spiro atoms. The second-order valence-electron chi connectivity index (χ2n) is 3.92. The lowest BCUT2D eigenvalue weighted by atomic mass is 10.1. The van der Waals surface area contributed by atoms with Crippen molar-refractivity contribution in [3.63, 3.8) is 0 Å². The van der Waals surface area contributed by atoms with Crippen LogP contribution < -0.4 is 0 Å². The lowest BCUT2D eigenvalue weighted by Gasteiger charge is -2.11. The summed E-state index contributed by atoms with van der Waals surface area (Å²) in [6.45, 7) is 4.85. The van der Waals surface area contributed by atoms with Crippen LogP contribution in [0, 0.1) is 0 Å². The van der Waals surface area contributed by atoms with Gasteiger partial charge in [-0.2, -0.15) is 5.10 Å². The van der Waals surface area contributed by atoms with Crippen LogP contribution in [0.4, 0.5) is 0 Å². The quantitative estimate of drug-likeness (QED) is 0.797. The fraction of sp³-hybridized carbons (Fsp3) is 0.600. The summed E-state index contributed by atoms with van der Waals surface area (Å²) in [7, 11) is 0. The van der Waals surface area contributed by atoms with E-state index in [0.29, 0.717) is 25.3 Å². The summed E-state index contributed by atoms with van der Waals surface area (Å²) in [5, 5.41) is 13.4. The molecular weight excluding hydrogens is 196 g/mol. The first-order valence-corrected chi connectivity index (χ1v) is 5.02. The van der Waals surface area contributed by atoms with E-state index in [9.17, 15) is 4.79 Å². The summed E-state index contributed by atoms with van der Waals surface area (Å²) >= 11 is 0. The average molecular weight is 210 g/mol. The Kier molecular flexibility index (Phi) is 2.48. The molecule has 82 valence electrons. The molecule has 0 saturated carbocycles. The molecular formula is C10H14N2O3. The summed E-state index contributed by atoms with van der Waals surface area (Å²) < 4.78 is 6.83. The number of hydrogen-bond donors (Lipinski definition) is 1.